The number of carbonyl (C=O) groups is 5. The van der Waals surface area contributed by atoms with E-state index in [2.05, 4.69) is 28.6 Å². The lowest BCUT2D eigenvalue weighted by molar-refractivity contribution is -0.142. The molecule has 182 valence electrons. The highest BCUT2D eigenvalue weighted by Gasteiger charge is 2.30. The summed E-state index contributed by atoms with van der Waals surface area (Å²) in [4.78, 5) is 59.6. The highest BCUT2D eigenvalue weighted by atomic mass is 32.1. The number of carboxylic acid groups (broad SMARTS) is 2. The first kappa shape index (κ1) is 27.9. The Morgan fingerprint density at radius 2 is 1.42 bits per heavy atom. The Morgan fingerprint density at radius 1 is 0.879 bits per heavy atom. The minimum absolute atomic E-state index is 0.0290. The number of carboxylic acids is 2. The van der Waals surface area contributed by atoms with Crippen molar-refractivity contribution in [3.8, 4) is 0 Å². The van der Waals surface area contributed by atoms with Gasteiger partial charge in [0.1, 0.15) is 18.1 Å². The molecule has 12 nitrogen and oxygen atoms in total. The first-order chi connectivity index (χ1) is 15.6. The molecule has 1 aromatic rings. The predicted molar refractivity (Wildman–Crippen MR) is 119 cm³/mol. The van der Waals surface area contributed by atoms with Crippen LogP contribution in [0.15, 0.2) is 30.3 Å². The number of aliphatic hydroxyl groups is 1. The van der Waals surface area contributed by atoms with Crippen LogP contribution < -0.4 is 21.7 Å². The summed E-state index contributed by atoms with van der Waals surface area (Å²) in [6, 6.07) is 3.23. The fraction of sp³-hybridized carbons (Fsp3) is 0.450. The lowest BCUT2D eigenvalue weighted by atomic mass is 10.1. The van der Waals surface area contributed by atoms with Crippen molar-refractivity contribution in [2.24, 2.45) is 5.73 Å². The average molecular weight is 485 g/mol. The van der Waals surface area contributed by atoms with Gasteiger partial charge in [0.25, 0.3) is 0 Å². The van der Waals surface area contributed by atoms with Gasteiger partial charge in [-0.1, -0.05) is 30.3 Å². The molecule has 0 spiro atoms. The van der Waals surface area contributed by atoms with Crippen LogP contribution in [0.1, 0.15) is 18.4 Å². The molecule has 33 heavy (non-hydrogen) atoms. The van der Waals surface area contributed by atoms with Crippen LogP contribution in [0.5, 0.6) is 0 Å². The second kappa shape index (κ2) is 14.1. The number of carbonyl (C=O) groups excluding carboxylic acids is 3. The lowest BCUT2D eigenvalue weighted by Crippen LogP contribution is -2.58. The third kappa shape index (κ3) is 9.89. The Bertz CT molecular complexity index is 839. The first-order valence-corrected chi connectivity index (χ1v) is 10.6. The monoisotopic (exact) mass is 484 g/mol. The highest BCUT2D eigenvalue weighted by Crippen LogP contribution is 2.05. The van der Waals surface area contributed by atoms with Gasteiger partial charge in [0.05, 0.1) is 12.6 Å². The van der Waals surface area contributed by atoms with Crippen LogP contribution in [0.3, 0.4) is 0 Å². The Labute approximate surface area is 195 Å². The Kier molecular flexibility index (Phi) is 11.9. The molecule has 0 aliphatic heterocycles. The maximum absolute atomic E-state index is 12.6. The Hall–Kier alpha value is -3.16. The van der Waals surface area contributed by atoms with Gasteiger partial charge in [0, 0.05) is 18.6 Å². The average Bonchev–Trinajstić information content (AvgIpc) is 2.78. The predicted octanol–water partition coefficient (Wildman–Crippen LogP) is -2.12. The summed E-state index contributed by atoms with van der Waals surface area (Å²) in [6.07, 6.45) is -0.812. The van der Waals surface area contributed by atoms with Crippen molar-refractivity contribution in [1.82, 2.24) is 16.0 Å². The molecule has 4 unspecified atom stereocenters. The zero-order chi connectivity index (χ0) is 25.0. The topological polar surface area (TPSA) is 208 Å². The van der Waals surface area contributed by atoms with E-state index < -0.39 is 66.9 Å². The number of nitrogens with two attached hydrogens (primary N) is 1. The van der Waals surface area contributed by atoms with Gasteiger partial charge in [-0.25, -0.2) is 4.79 Å². The van der Waals surface area contributed by atoms with Crippen molar-refractivity contribution in [2.45, 2.75) is 43.4 Å². The van der Waals surface area contributed by atoms with Gasteiger partial charge < -0.3 is 37.0 Å². The molecule has 0 saturated heterocycles. The van der Waals surface area contributed by atoms with E-state index in [1.165, 1.54) is 0 Å². The second-order valence-corrected chi connectivity index (χ2v) is 7.48. The molecule has 13 heteroatoms. The molecular formula is C20H28N4O8S. The molecule has 8 N–H and O–H groups in total. The quantitative estimate of drug-likeness (QED) is 0.136. The van der Waals surface area contributed by atoms with Crippen molar-refractivity contribution >= 4 is 42.3 Å². The number of thiol groups is 1. The number of hydrogen-bond acceptors (Lipinski definition) is 8. The standard InChI is InChI=1S/C20H28N4O8S/c21-12(10-33)17(28)22-13(6-7-16(26)27)18(29)24-15(9-25)19(30)23-14(20(31)32)8-11-4-2-1-3-5-11/h1-5,12-15,25,33H,6-10,21H2,(H,22,28)(H,23,30)(H,24,29)(H,26,27)(H,31,32). The van der Waals surface area contributed by atoms with E-state index in [1.54, 1.807) is 30.3 Å². The molecule has 1 rings (SSSR count). The third-order valence-electron chi connectivity index (χ3n) is 4.53. The number of benzene rings is 1. The minimum atomic E-state index is -1.54. The van der Waals surface area contributed by atoms with Gasteiger partial charge in [-0.2, -0.15) is 12.6 Å². The van der Waals surface area contributed by atoms with Crippen molar-refractivity contribution in [3.05, 3.63) is 35.9 Å². The maximum atomic E-state index is 12.6. The van der Waals surface area contributed by atoms with Crippen LogP contribution in [-0.4, -0.2) is 81.5 Å². The second-order valence-electron chi connectivity index (χ2n) is 7.12. The molecule has 0 aromatic heterocycles. The Balaban J connectivity index is 2.87. The van der Waals surface area contributed by atoms with Crippen molar-refractivity contribution in [1.29, 1.82) is 0 Å². The van der Waals surface area contributed by atoms with Crippen LogP contribution in [-0.2, 0) is 30.4 Å². The van der Waals surface area contributed by atoms with E-state index in [1.807, 2.05) is 0 Å². The third-order valence-corrected chi connectivity index (χ3v) is 4.92. The van der Waals surface area contributed by atoms with Crippen LogP contribution in [0, 0.1) is 0 Å². The summed E-state index contributed by atoms with van der Waals surface area (Å²) >= 11 is 3.88. The van der Waals surface area contributed by atoms with Gasteiger partial charge in [0.2, 0.25) is 17.7 Å². The van der Waals surface area contributed by atoms with Crippen molar-refractivity contribution in [3.63, 3.8) is 0 Å². The summed E-state index contributed by atoms with van der Waals surface area (Å²) in [5.41, 5.74) is 6.19. The van der Waals surface area contributed by atoms with E-state index in [0.717, 1.165) is 0 Å². The summed E-state index contributed by atoms with van der Waals surface area (Å²) in [7, 11) is 0. The molecule has 0 aliphatic rings. The van der Waals surface area contributed by atoms with Crippen LogP contribution in [0.2, 0.25) is 0 Å². The van der Waals surface area contributed by atoms with Crippen LogP contribution >= 0.6 is 12.6 Å². The van der Waals surface area contributed by atoms with Gasteiger partial charge in [-0.3, -0.25) is 19.2 Å². The van der Waals surface area contributed by atoms with E-state index >= 15 is 0 Å². The van der Waals surface area contributed by atoms with E-state index in [4.69, 9.17) is 10.8 Å². The van der Waals surface area contributed by atoms with Crippen molar-refractivity contribution in [2.75, 3.05) is 12.4 Å². The van der Waals surface area contributed by atoms with Crippen molar-refractivity contribution < 1.29 is 39.3 Å². The number of hydrogen-bond donors (Lipinski definition) is 8. The van der Waals surface area contributed by atoms with Crippen LogP contribution in [0.25, 0.3) is 0 Å². The maximum Gasteiger partial charge on any atom is 0.326 e. The molecule has 3 amide bonds. The summed E-state index contributed by atoms with van der Waals surface area (Å²) in [5, 5.41) is 34.6. The number of nitrogens with one attached hydrogen (secondary N) is 3. The Morgan fingerprint density at radius 3 is 1.94 bits per heavy atom. The largest absolute Gasteiger partial charge is 0.481 e. The number of aliphatic carboxylic acids is 2. The zero-order valence-electron chi connectivity index (χ0n) is 17.6. The molecule has 0 heterocycles. The number of aliphatic hydroxyl groups excluding tert-OH is 1. The van der Waals surface area contributed by atoms with E-state index in [9.17, 15) is 34.2 Å². The fourth-order valence-corrected chi connectivity index (χ4v) is 2.85. The molecule has 1 aromatic carbocycles. The van der Waals surface area contributed by atoms with Gasteiger partial charge in [-0.15, -0.1) is 0 Å². The smallest absolute Gasteiger partial charge is 0.326 e. The summed E-state index contributed by atoms with van der Waals surface area (Å²) in [6.45, 7) is -0.870. The summed E-state index contributed by atoms with van der Waals surface area (Å²) < 4.78 is 0. The first-order valence-electron chi connectivity index (χ1n) is 9.96. The highest BCUT2D eigenvalue weighted by molar-refractivity contribution is 7.80. The molecule has 0 fully saturated rings. The van der Waals surface area contributed by atoms with E-state index in [0.29, 0.717) is 5.56 Å². The molecule has 0 radical (unpaired) electrons. The molecule has 4 atom stereocenters. The van der Waals surface area contributed by atoms with Gasteiger partial charge in [-0.05, 0) is 12.0 Å². The van der Waals surface area contributed by atoms with Gasteiger partial charge in [0.15, 0.2) is 0 Å². The molecule has 0 aliphatic carbocycles. The lowest BCUT2D eigenvalue weighted by Gasteiger charge is -2.24. The summed E-state index contributed by atoms with van der Waals surface area (Å²) in [5.74, 6) is -5.23. The zero-order valence-corrected chi connectivity index (χ0v) is 18.5. The minimum Gasteiger partial charge on any atom is -0.481 e. The number of amides is 3. The number of rotatable bonds is 14. The van der Waals surface area contributed by atoms with Crippen LogP contribution in [0.4, 0.5) is 0 Å². The molecular weight excluding hydrogens is 456 g/mol. The normalized spacial score (nSPS) is 14.3. The molecule has 0 saturated carbocycles. The van der Waals surface area contributed by atoms with Gasteiger partial charge >= 0.3 is 11.9 Å². The fourth-order valence-electron chi connectivity index (χ4n) is 2.69. The SMILES string of the molecule is NC(CS)C(=O)NC(CCC(=O)O)C(=O)NC(CO)C(=O)NC(Cc1ccccc1)C(=O)O. The van der Waals surface area contributed by atoms with E-state index in [-0.39, 0.29) is 18.6 Å². The molecule has 0 bridgehead atoms.